The van der Waals surface area contributed by atoms with Crippen LogP contribution in [-0.2, 0) is 6.54 Å². The number of carbonyl (C=O) groups is 1. The van der Waals surface area contributed by atoms with E-state index in [0.29, 0.717) is 5.02 Å². The van der Waals surface area contributed by atoms with Crippen molar-refractivity contribution in [3.8, 4) is 0 Å². The first-order valence-corrected chi connectivity index (χ1v) is 6.18. The van der Waals surface area contributed by atoms with Gasteiger partial charge in [-0.3, -0.25) is 0 Å². The van der Waals surface area contributed by atoms with Gasteiger partial charge in [0.05, 0.1) is 0 Å². The van der Waals surface area contributed by atoms with Gasteiger partial charge < -0.3 is 10.6 Å². The molecule has 0 saturated heterocycles. The van der Waals surface area contributed by atoms with Crippen LogP contribution in [0, 0.1) is 0 Å². The number of halogens is 4. The largest absolute Gasteiger partial charge is 0.389 e. The molecule has 110 valence electrons. The van der Waals surface area contributed by atoms with Gasteiger partial charge in [0.1, 0.15) is 0 Å². The van der Waals surface area contributed by atoms with Crippen molar-refractivity contribution in [1.82, 2.24) is 10.6 Å². The van der Waals surface area contributed by atoms with Crippen LogP contribution in [0.1, 0.15) is 18.4 Å². The van der Waals surface area contributed by atoms with E-state index in [-0.39, 0.29) is 18.7 Å². The highest BCUT2D eigenvalue weighted by atomic mass is 35.5. The molecule has 0 unspecified atom stereocenters. The van der Waals surface area contributed by atoms with Crippen LogP contribution in [0.15, 0.2) is 36.5 Å². The molecular weight excluding hydrogens is 293 g/mol. The highest BCUT2D eigenvalue weighted by Crippen LogP contribution is 2.22. The van der Waals surface area contributed by atoms with Crippen molar-refractivity contribution in [2.24, 2.45) is 0 Å². The minimum absolute atomic E-state index is 0.0194. The van der Waals surface area contributed by atoms with Crippen molar-refractivity contribution in [1.29, 1.82) is 0 Å². The van der Waals surface area contributed by atoms with Gasteiger partial charge in [-0.2, -0.15) is 13.2 Å². The second kappa shape index (κ2) is 7.19. The molecule has 0 radical (unpaired) electrons. The van der Waals surface area contributed by atoms with Crippen LogP contribution in [-0.4, -0.2) is 12.2 Å². The summed E-state index contributed by atoms with van der Waals surface area (Å²) in [5, 5.41) is 5.30. The third-order valence-electron chi connectivity index (χ3n) is 2.34. The van der Waals surface area contributed by atoms with E-state index in [4.69, 9.17) is 11.6 Å². The van der Waals surface area contributed by atoms with E-state index in [9.17, 15) is 18.0 Å². The molecule has 0 aromatic heterocycles. The van der Waals surface area contributed by atoms with Crippen molar-refractivity contribution < 1.29 is 18.0 Å². The smallest absolute Gasteiger partial charge is 0.334 e. The summed E-state index contributed by atoms with van der Waals surface area (Å²) in [4.78, 5) is 11.4. The van der Waals surface area contributed by atoms with Gasteiger partial charge in [0.2, 0.25) is 0 Å². The van der Waals surface area contributed by atoms with E-state index in [1.807, 2.05) is 0 Å². The van der Waals surface area contributed by atoms with Crippen molar-refractivity contribution in [2.45, 2.75) is 25.6 Å². The molecule has 1 rings (SSSR count). The van der Waals surface area contributed by atoms with Crippen LogP contribution in [0.4, 0.5) is 18.0 Å². The third-order valence-corrected chi connectivity index (χ3v) is 2.58. The summed E-state index contributed by atoms with van der Waals surface area (Å²) in [6.07, 6.45) is -5.61. The fraction of sp³-hybridized carbons (Fsp3) is 0.308. The Hall–Kier alpha value is -1.69. The Morgan fingerprint density at radius 2 is 2.05 bits per heavy atom. The first-order valence-electron chi connectivity index (χ1n) is 5.80. The van der Waals surface area contributed by atoms with Crippen molar-refractivity contribution in [2.75, 3.05) is 0 Å². The van der Waals surface area contributed by atoms with Crippen molar-refractivity contribution >= 4 is 17.6 Å². The normalized spacial score (nSPS) is 11.0. The first-order chi connectivity index (χ1) is 9.26. The molecule has 7 heteroatoms. The zero-order valence-corrected chi connectivity index (χ0v) is 11.3. The van der Waals surface area contributed by atoms with E-state index in [2.05, 4.69) is 17.2 Å². The van der Waals surface area contributed by atoms with E-state index in [1.165, 1.54) is 0 Å². The molecule has 0 heterocycles. The molecule has 0 aliphatic carbocycles. The minimum atomic E-state index is -4.26. The Bertz CT molecular complexity index is 489. The van der Waals surface area contributed by atoms with Crippen molar-refractivity contribution in [3.63, 3.8) is 0 Å². The molecule has 0 aliphatic heterocycles. The molecular formula is C13H14ClF3N2O. The Balaban J connectivity index is 2.31. The maximum atomic E-state index is 12.0. The Morgan fingerprint density at radius 3 is 2.65 bits per heavy atom. The second-order valence-corrected chi connectivity index (χ2v) is 4.59. The minimum Gasteiger partial charge on any atom is -0.334 e. The SMILES string of the molecule is C=C(CCC(F)(F)F)NC(=O)NCc1cccc(Cl)c1. The van der Waals surface area contributed by atoms with Crippen LogP contribution >= 0.6 is 11.6 Å². The number of benzene rings is 1. The lowest BCUT2D eigenvalue weighted by Gasteiger charge is -2.11. The molecule has 0 fully saturated rings. The average Bonchev–Trinajstić information content (AvgIpc) is 2.33. The zero-order valence-electron chi connectivity index (χ0n) is 10.6. The molecule has 2 N–H and O–H groups in total. The fourth-order valence-corrected chi connectivity index (χ4v) is 1.60. The summed E-state index contributed by atoms with van der Waals surface area (Å²) >= 11 is 5.78. The Labute approximate surface area is 119 Å². The maximum absolute atomic E-state index is 12.0. The number of allylic oxidation sites excluding steroid dienone is 1. The molecule has 0 aliphatic rings. The quantitative estimate of drug-likeness (QED) is 0.848. The number of rotatable bonds is 5. The van der Waals surface area contributed by atoms with Gasteiger partial charge in [0, 0.05) is 23.7 Å². The number of hydrogen-bond donors (Lipinski definition) is 2. The lowest BCUT2D eigenvalue weighted by Crippen LogP contribution is -2.34. The molecule has 3 nitrogen and oxygen atoms in total. The van der Waals surface area contributed by atoms with Crippen LogP contribution < -0.4 is 10.6 Å². The monoisotopic (exact) mass is 306 g/mol. The zero-order chi connectivity index (χ0) is 15.2. The molecule has 20 heavy (non-hydrogen) atoms. The number of hydrogen-bond acceptors (Lipinski definition) is 1. The third kappa shape index (κ3) is 7.04. The number of nitrogens with one attached hydrogen (secondary N) is 2. The predicted octanol–water partition coefficient (Wildman–Crippen LogP) is 4.00. The molecule has 2 amide bonds. The summed E-state index contributed by atoms with van der Waals surface area (Å²) < 4.78 is 35.9. The van der Waals surface area contributed by atoms with Crippen LogP contribution in [0.2, 0.25) is 5.02 Å². The molecule has 0 spiro atoms. The summed E-state index contributed by atoms with van der Waals surface area (Å²) in [6.45, 7) is 3.59. The maximum Gasteiger partial charge on any atom is 0.389 e. The molecule has 0 atom stereocenters. The molecule has 1 aromatic rings. The van der Waals surface area contributed by atoms with Crippen LogP contribution in [0.25, 0.3) is 0 Å². The highest BCUT2D eigenvalue weighted by Gasteiger charge is 2.26. The lowest BCUT2D eigenvalue weighted by atomic mass is 10.2. The van der Waals surface area contributed by atoms with Gasteiger partial charge in [-0.15, -0.1) is 0 Å². The lowest BCUT2D eigenvalue weighted by molar-refractivity contribution is -0.134. The standard InChI is InChI=1S/C13H14ClF3N2O/c1-9(5-6-13(15,16)17)19-12(20)18-8-10-3-2-4-11(14)7-10/h2-4,7H,1,5-6,8H2,(H2,18,19,20). The van der Waals surface area contributed by atoms with Gasteiger partial charge in [-0.1, -0.05) is 30.3 Å². The fourth-order valence-electron chi connectivity index (χ4n) is 1.39. The van der Waals surface area contributed by atoms with Gasteiger partial charge in [-0.05, 0) is 24.1 Å². The van der Waals surface area contributed by atoms with Gasteiger partial charge in [0.25, 0.3) is 0 Å². The molecule has 0 saturated carbocycles. The Kier molecular flexibility index (Phi) is 5.88. The van der Waals surface area contributed by atoms with Gasteiger partial charge >= 0.3 is 12.2 Å². The van der Waals surface area contributed by atoms with Crippen LogP contribution in [0.3, 0.4) is 0 Å². The van der Waals surface area contributed by atoms with E-state index in [0.717, 1.165) is 5.56 Å². The van der Waals surface area contributed by atoms with Crippen LogP contribution in [0.5, 0.6) is 0 Å². The number of carbonyl (C=O) groups excluding carboxylic acids is 1. The predicted molar refractivity (Wildman–Crippen MR) is 71.3 cm³/mol. The summed E-state index contributed by atoms with van der Waals surface area (Å²) in [5.41, 5.74) is 0.805. The average molecular weight is 307 g/mol. The number of alkyl halides is 3. The van der Waals surface area contributed by atoms with E-state index >= 15 is 0 Å². The molecule has 0 bridgehead atoms. The number of urea groups is 1. The highest BCUT2D eigenvalue weighted by molar-refractivity contribution is 6.30. The summed E-state index contributed by atoms with van der Waals surface area (Å²) in [7, 11) is 0. The summed E-state index contributed by atoms with van der Waals surface area (Å²) in [5.74, 6) is 0. The number of amides is 2. The van der Waals surface area contributed by atoms with E-state index < -0.39 is 18.6 Å². The second-order valence-electron chi connectivity index (χ2n) is 4.16. The van der Waals surface area contributed by atoms with Gasteiger partial charge in [-0.25, -0.2) is 4.79 Å². The Morgan fingerprint density at radius 1 is 1.35 bits per heavy atom. The van der Waals surface area contributed by atoms with E-state index in [1.54, 1.807) is 24.3 Å². The first kappa shape index (κ1) is 16.4. The van der Waals surface area contributed by atoms with Gasteiger partial charge in [0.15, 0.2) is 0 Å². The summed E-state index contributed by atoms with van der Waals surface area (Å²) in [6, 6.07) is 6.28. The topological polar surface area (TPSA) is 41.1 Å². The molecule has 1 aromatic carbocycles. The van der Waals surface area contributed by atoms with Crippen molar-refractivity contribution in [3.05, 3.63) is 47.1 Å².